The standard InChI is InChI=1S/C36H51N5O9S2/c1-21(2)19-50-34(49)40-29(35(3,4)5)32(46)41-20-36(51-14-9-15-52-36)17-25(41)30(44)38-24(16-22-12-13-22)28(43)31(45)37-18-26(42)39-27(33(47)48)23-10-7-6-8-11-23/h6-8,10-11,21-22,24-25,27,29H,9,12-20H2,1-5H3,(H,37,45)(H,38,44)(H,39,42)(H,40,49)(H,47,48)/t24-,25+,27?,29-/m1/s1. The van der Waals surface area contributed by atoms with Gasteiger partial charge in [-0.2, -0.15) is 0 Å². The SMILES string of the molecule is CC(C)COC(=O)N[C@H](C(=O)N1CC2(C[C@H]1C(=O)N[C@H](CC1CC1)C(=O)C(=O)NCC(=O)NC(C(=O)O)c1ccccc1)SCCCS2)C(C)(C)C. The molecule has 0 bridgehead atoms. The van der Waals surface area contributed by atoms with Crippen molar-refractivity contribution in [3.8, 4) is 0 Å². The number of amides is 5. The fourth-order valence-electron chi connectivity index (χ4n) is 6.08. The van der Waals surface area contributed by atoms with E-state index in [4.69, 9.17) is 4.74 Å². The van der Waals surface area contributed by atoms with Gasteiger partial charge in [-0.25, -0.2) is 9.59 Å². The second kappa shape index (κ2) is 17.8. The number of nitrogens with one attached hydrogen (secondary N) is 4. The molecular weight excluding hydrogens is 711 g/mol. The molecule has 0 aromatic heterocycles. The molecule has 1 saturated carbocycles. The van der Waals surface area contributed by atoms with Crippen molar-refractivity contribution in [1.29, 1.82) is 0 Å². The third-order valence-electron chi connectivity index (χ3n) is 9.04. The van der Waals surface area contributed by atoms with Crippen LogP contribution in [-0.2, 0) is 33.5 Å². The van der Waals surface area contributed by atoms with Gasteiger partial charge in [-0.3, -0.25) is 24.0 Å². The predicted molar refractivity (Wildman–Crippen MR) is 197 cm³/mol. The molecule has 1 aliphatic carbocycles. The van der Waals surface area contributed by atoms with Crippen LogP contribution < -0.4 is 21.3 Å². The lowest BCUT2D eigenvalue weighted by Gasteiger charge is -2.36. The van der Waals surface area contributed by atoms with Crippen LogP contribution >= 0.6 is 23.5 Å². The second-order valence-corrected chi connectivity index (χ2v) is 18.3. The molecule has 2 aliphatic heterocycles. The average Bonchev–Trinajstić information content (AvgIpc) is 3.85. The van der Waals surface area contributed by atoms with Crippen molar-refractivity contribution in [3.63, 3.8) is 0 Å². The molecule has 14 nitrogen and oxygen atoms in total. The van der Waals surface area contributed by atoms with Crippen LogP contribution in [0.3, 0.4) is 0 Å². The number of ketones is 1. The number of carboxylic acid groups (broad SMARTS) is 1. The molecule has 4 atom stereocenters. The van der Waals surface area contributed by atoms with Crippen LogP contribution in [0, 0.1) is 17.3 Å². The minimum atomic E-state index is -1.36. The van der Waals surface area contributed by atoms with Crippen LogP contribution in [0.5, 0.6) is 0 Å². The zero-order valence-corrected chi connectivity index (χ0v) is 32.0. The lowest BCUT2D eigenvalue weighted by molar-refractivity contribution is -0.144. The zero-order valence-electron chi connectivity index (χ0n) is 30.4. The third-order valence-corrected chi connectivity index (χ3v) is 12.4. The molecular formula is C36H51N5O9S2. The van der Waals surface area contributed by atoms with Crippen LogP contribution in [-0.4, -0.2) is 105 Å². The summed E-state index contributed by atoms with van der Waals surface area (Å²) in [7, 11) is 0. The van der Waals surface area contributed by atoms with Crippen LogP contribution in [0.1, 0.15) is 78.3 Å². The highest BCUT2D eigenvalue weighted by molar-refractivity contribution is 8.18. The number of likely N-dealkylation sites (tertiary alicyclic amines) is 1. The van der Waals surface area contributed by atoms with E-state index in [1.165, 1.54) is 4.90 Å². The van der Waals surface area contributed by atoms with Gasteiger partial charge in [0.15, 0.2) is 6.04 Å². The van der Waals surface area contributed by atoms with E-state index in [-0.39, 0.29) is 31.4 Å². The van der Waals surface area contributed by atoms with Crippen molar-refractivity contribution < 1.29 is 43.4 Å². The molecule has 2 saturated heterocycles. The van der Waals surface area contributed by atoms with Gasteiger partial charge in [0.1, 0.15) is 12.1 Å². The van der Waals surface area contributed by atoms with E-state index in [1.807, 2.05) is 34.6 Å². The molecule has 0 radical (unpaired) electrons. The van der Waals surface area contributed by atoms with Crippen LogP contribution in [0.15, 0.2) is 30.3 Å². The summed E-state index contributed by atoms with van der Waals surface area (Å²) in [4.78, 5) is 93.7. The third kappa shape index (κ3) is 11.4. The lowest BCUT2D eigenvalue weighted by Crippen LogP contribution is -2.59. The van der Waals surface area contributed by atoms with E-state index in [1.54, 1.807) is 53.9 Å². The molecule has 1 spiro atoms. The highest BCUT2D eigenvalue weighted by atomic mass is 32.2. The van der Waals surface area contributed by atoms with E-state index in [0.29, 0.717) is 12.0 Å². The Morgan fingerprint density at radius 2 is 1.63 bits per heavy atom. The van der Waals surface area contributed by atoms with E-state index in [2.05, 4.69) is 21.3 Å². The molecule has 52 heavy (non-hydrogen) atoms. The summed E-state index contributed by atoms with van der Waals surface area (Å²) in [5, 5.41) is 19.7. The van der Waals surface area contributed by atoms with Gasteiger partial charge < -0.3 is 36.0 Å². The molecule has 16 heteroatoms. The van der Waals surface area contributed by atoms with Crippen molar-refractivity contribution >= 4 is 65.0 Å². The Morgan fingerprint density at radius 1 is 0.981 bits per heavy atom. The van der Waals surface area contributed by atoms with Crippen LogP contribution in [0.4, 0.5) is 4.79 Å². The smallest absolute Gasteiger partial charge is 0.407 e. The number of thioether (sulfide) groups is 2. The van der Waals surface area contributed by atoms with E-state index in [9.17, 15) is 38.7 Å². The van der Waals surface area contributed by atoms with Gasteiger partial charge in [-0.1, -0.05) is 77.8 Å². The summed E-state index contributed by atoms with van der Waals surface area (Å²) in [6.45, 7) is 9.02. The van der Waals surface area contributed by atoms with Gasteiger partial charge in [-0.05, 0) is 47.2 Å². The zero-order chi connectivity index (χ0) is 38.2. The number of Topliss-reactive ketones (excluding diaryl/α,β-unsaturated/α-hetero) is 1. The van der Waals surface area contributed by atoms with Crippen LogP contribution in [0.25, 0.3) is 0 Å². The molecule has 4 rings (SSSR count). The van der Waals surface area contributed by atoms with E-state index >= 15 is 0 Å². The summed E-state index contributed by atoms with van der Waals surface area (Å²) in [5.41, 5.74) is -0.405. The van der Waals surface area contributed by atoms with Crippen molar-refractivity contribution in [2.24, 2.45) is 17.3 Å². The van der Waals surface area contributed by atoms with Gasteiger partial charge in [0.25, 0.3) is 5.91 Å². The monoisotopic (exact) mass is 761 g/mol. The summed E-state index contributed by atoms with van der Waals surface area (Å²) < 4.78 is 4.87. The van der Waals surface area contributed by atoms with Crippen molar-refractivity contribution in [2.45, 2.75) is 95.0 Å². The Bertz CT molecular complexity index is 1490. The number of rotatable bonds is 15. The van der Waals surface area contributed by atoms with Gasteiger partial charge in [-0.15, -0.1) is 23.5 Å². The van der Waals surface area contributed by atoms with Crippen LogP contribution in [0.2, 0.25) is 0 Å². The van der Waals surface area contributed by atoms with Gasteiger partial charge >= 0.3 is 12.1 Å². The second-order valence-electron chi connectivity index (χ2n) is 15.1. The quantitative estimate of drug-likeness (QED) is 0.165. The molecule has 1 unspecified atom stereocenters. The largest absolute Gasteiger partial charge is 0.479 e. The molecule has 1 aromatic rings. The fourth-order valence-corrected chi connectivity index (χ4v) is 9.43. The number of hydrogen-bond acceptors (Lipinski definition) is 10. The summed E-state index contributed by atoms with van der Waals surface area (Å²) in [5.74, 6) is -3.24. The topological polar surface area (TPSA) is 200 Å². The van der Waals surface area contributed by atoms with E-state index in [0.717, 1.165) is 30.8 Å². The van der Waals surface area contributed by atoms with Gasteiger partial charge in [0.05, 0.1) is 23.3 Å². The Labute approximate surface area is 313 Å². The summed E-state index contributed by atoms with van der Waals surface area (Å²) >= 11 is 3.39. The number of hydrogen-bond donors (Lipinski definition) is 5. The first-order valence-electron chi connectivity index (χ1n) is 17.7. The highest BCUT2D eigenvalue weighted by Gasteiger charge is 2.53. The normalized spacial score (nSPS) is 20.0. The molecule has 2 heterocycles. The Balaban J connectivity index is 1.47. The number of carbonyl (C=O) groups excluding carboxylic acids is 6. The maximum Gasteiger partial charge on any atom is 0.407 e. The maximum atomic E-state index is 14.3. The van der Waals surface area contributed by atoms with Crippen molar-refractivity contribution in [3.05, 3.63) is 35.9 Å². The number of carbonyl (C=O) groups is 7. The molecule has 5 N–H and O–H groups in total. The first-order valence-corrected chi connectivity index (χ1v) is 19.7. The number of aliphatic carboxylic acids is 1. The number of benzene rings is 1. The molecule has 286 valence electrons. The lowest BCUT2D eigenvalue weighted by atomic mass is 9.85. The molecule has 3 fully saturated rings. The van der Waals surface area contributed by atoms with Gasteiger partial charge in [0, 0.05) is 13.0 Å². The summed E-state index contributed by atoms with van der Waals surface area (Å²) in [6.07, 6.45) is 2.45. The van der Waals surface area contributed by atoms with Crippen molar-refractivity contribution in [2.75, 3.05) is 31.2 Å². The average molecular weight is 762 g/mol. The number of alkyl carbamates (subject to hydrolysis) is 1. The van der Waals surface area contributed by atoms with E-state index < -0.39 is 81.7 Å². The Kier molecular flexibility index (Phi) is 14.0. The first kappa shape index (κ1) is 41.0. The Morgan fingerprint density at radius 3 is 2.21 bits per heavy atom. The molecule has 1 aromatic carbocycles. The minimum Gasteiger partial charge on any atom is -0.479 e. The molecule has 3 aliphatic rings. The number of carboxylic acids is 1. The molecule has 5 amide bonds. The predicted octanol–water partition coefficient (Wildman–Crippen LogP) is 2.86. The van der Waals surface area contributed by atoms with Crippen molar-refractivity contribution in [1.82, 2.24) is 26.2 Å². The van der Waals surface area contributed by atoms with Gasteiger partial charge in [0.2, 0.25) is 23.5 Å². The minimum absolute atomic E-state index is 0.0934. The Hall–Kier alpha value is -3.79. The number of nitrogens with zero attached hydrogens (tertiary/aromatic N) is 1. The highest BCUT2D eigenvalue weighted by Crippen LogP contribution is 2.50. The maximum absolute atomic E-state index is 14.3. The first-order chi connectivity index (χ1) is 24.5. The number of ether oxygens (including phenoxy) is 1. The fraction of sp³-hybridized carbons (Fsp3) is 0.639. The summed E-state index contributed by atoms with van der Waals surface area (Å²) in [6, 6.07) is 3.49.